The molecule has 0 N–H and O–H groups in total. The highest BCUT2D eigenvalue weighted by molar-refractivity contribution is 6.31. The minimum atomic E-state index is -0.485. The van der Waals surface area contributed by atoms with Crippen LogP contribution in [0.1, 0.15) is 24.2 Å². The van der Waals surface area contributed by atoms with Crippen molar-refractivity contribution in [2.75, 3.05) is 14.2 Å². The summed E-state index contributed by atoms with van der Waals surface area (Å²) >= 11 is 5.88. The van der Waals surface area contributed by atoms with Crippen LogP contribution in [-0.2, 0) is 4.74 Å². The van der Waals surface area contributed by atoms with Crippen molar-refractivity contribution in [2.45, 2.75) is 19.4 Å². The number of carbonyl (C=O) groups excluding carboxylic acids is 1. The van der Waals surface area contributed by atoms with Crippen molar-refractivity contribution in [3.63, 3.8) is 0 Å². The van der Waals surface area contributed by atoms with Gasteiger partial charge in [0.1, 0.15) is 5.75 Å². The topological polar surface area (TPSA) is 35.5 Å². The zero-order chi connectivity index (χ0) is 13.8. The van der Waals surface area contributed by atoms with Crippen molar-refractivity contribution in [1.29, 1.82) is 0 Å². The SMILES string of the molecule is COc1ccc(Cl)cc1C(=O)/C=C/C(C)(C)OC. The number of hydrogen-bond acceptors (Lipinski definition) is 3. The van der Waals surface area contributed by atoms with E-state index in [1.807, 2.05) is 13.8 Å². The van der Waals surface area contributed by atoms with Crippen LogP contribution in [0, 0.1) is 0 Å². The molecule has 0 aromatic heterocycles. The number of methoxy groups -OCH3 is 2. The van der Waals surface area contributed by atoms with E-state index in [9.17, 15) is 4.79 Å². The Balaban J connectivity index is 3.01. The molecule has 98 valence electrons. The maximum absolute atomic E-state index is 12.1. The highest BCUT2D eigenvalue weighted by Gasteiger charge is 2.14. The van der Waals surface area contributed by atoms with E-state index in [1.165, 1.54) is 13.2 Å². The number of hydrogen-bond donors (Lipinski definition) is 0. The average molecular weight is 269 g/mol. The summed E-state index contributed by atoms with van der Waals surface area (Å²) < 4.78 is 10.3. The van der Waals surface area contributed by atoms with Crippen molar-refractivity contribution in [2.24, 2.45) is 0 Å². The fourth-order valence-electron chi connectivity index (χ4n) is 1.31. The predicted octanol–water partition coefficient (Wildman–Crippen LogP) is 3.51. The van der Waals surface area contributed by atoms with Gasteiger partial charge in [0.25, 0.3) is 0 Å². The maximum Gasteiger partial charge on any atom is 0.189 e. The van der Waals surface area contributed by atoms with Crippen molar-refractivity contribution < 1.29 is 14.3 Å². The summed E-state index contributed by atoms with van der Waals surface area (Å²) in [4.78, 5) is 12.1. The third-order valence-corrected chi connectivity index (χ3v) is 2.82. The highest BCUT2D eigenvalue weighted by Crippen LogP contribution is 2.23. The van der Waals surface area contributed by atoms with Crippen molar-refractivity contribution >= 4 is 17.4 Å². The van der Waals surface area contributed by atoms with Gasteiger partial charge in [-0.15, -0.1) is 0 Å². The third kappa shape index (κ3) is 3.86. The van der Waals surface area contributed by atoms with Gasteiger partial charge in [-0.3, -0.25) is 4.79 Å². The summed E-state index contributed by atoms with van der Waals surface area (Å²) in [5.41, 5.74) is -0.0465. The van der Waals surface area contributed by atoms with E-state index >= 15 is 0 Å². The van der Waals surface area contributed by atoms with E-state index in [1.54, 1.807) is 31.4 Å². The molecule has 0 spiro atoms. The number of ketones is 1. The largest absolute Gasteiger partial charge is 0.496 e. The number of benzene rings is 1. The van der Waals surface area contributed by atoms with Gasteiger partial charge in [-0.05, 0) is 44.2 Å². The van der Waals surface area contributed by atoms with Gasteiger partial charge in [0.15, 0.2) is 5.78 Å². The van der Waals surface area contributed by atoms with Crippen LogP contribution in [0.15, 0.2) is 30.4 Å². The lowest BCUT2D eigenvalue weighted by atomic mass is 10.1. The summed E-state index contributed by atoms with van der Waals surface area (Å²) in [7, 11) is 3.11. The van der Waals surface area contributed by atoms with E-state index in [0.717, 1.165) is 0 Å². The van der Waals surface area contributed by atoms with Crippen molar-refractivity contribution in [3.8, 4) is 5.75 Å². The number of ether oxygens (including phenoxy) is 2. The molecule has 1 aromatic carbocycles. The normalized spacial score (nSPS) is 11.8. The van der Waals surface area contributed by atoms with Gasteiger partial charge in [0.2, 0.25) is 0 Å². The molecule has 1 aromatic rings. The Morgan fingerprint density at radius 1 is 1.33 bits per heavy atom. The number of rotatable bonds is 5. The molecular weight excluding hydrogens is 252 g/mol. The molecular formula is C14H17ClO3. The van der Waals surface area contributed by atoms with Crippen LogP contribution in [-0.4, -0.2) is 25.6 Å². The summed E-state index contributed by atoms with van der Waals surface area (Å²) in [6.45, 7) is 3.73. The molecule has 0 atom stereocenters. The molecule has 0 amide bonds. The van der Waals surface area contributed by atoms with Gasteiger partial charge >= 0.3 is 0 Å². The monoisotopic (exact) mass is 268 g/mol. The molecule has 0 radical (unpaired) electrons. The smallest absolute Gasteiger partial charge is 0.189 e. The predicted molar refractivity (Wildman–Crippen MR) is 72.6 cm³/mol. The van der Waals surface area contributed by atoms with Crippen molar-refractivity contribution in [3.05, 3.63) is 40.9 Å². The lowest BCUT2D eigenvalue weighted by Gasteiger charge is -2.17. The number of halogens is 1. The minimum Gasteiger partial charge on any atom is -0.496 e. The molecule has 4 heteroatoms. The van der Waals surface area contributed by atoms with E-state index in [2.05, 4.69) is 0 Å². The molecule has 0 fully saturated rings. The zero-order valence-corrected chi connectivity index (χ0v) is 11.7. The molecule has 1 rings (SSSR count). The van der Waals surface area contributed by atoms with Gasteiger partial charge in [0.05, 0.1) is 18.3 Å². The minimum absolute atomic E-state index is 0.167. The number of allylic oxidation sites excluding steroid dienone is 1. The second-order valence-corrected chi connectivity index (χ2v) is 4.79. The molecule has 0 bridgehead atoms. The first-order chi connectivity index (χ1) is 8.39. The Morgan fingerprint density at radius 2 is 2.00 bits per heavy atom. The molecule has 0 unspecified atom stereocenters. The fraction of sp³-hybridized carbons (Fsp3) is 0.357. The average Bonchev–Trinajstić information content (AvgIpc) is 2.36. The zero-order valence-electron chi connectivity index (χ0n) is 11.0. The Hall–Kier alpha value is -1.32. The van der Waals surface area contributed by atoms with Crippen LogP contribution in [0.2, 0.25) is 5.02 Å². The summed E-state index contributed by atoms with van der Waals surface area (Å²) in [5, 5.41) is 0.499. The van der Waals surface area contributed by atoms with Crippen LogP contribution >= 0.6 is 11.6 Å². The second-order valence-electron chi connectivity index (χ2n) is 4.35. The molecule has 18 heavy (non-hydrogen) atoms. The Morgan fingerprint density at radius 3 is 2.56 bits per heavy atom. The molecule has 0 heterocycles. The Kier molecular flexibility index (Phi) is 4.93. The summed E-state index contributed by atoms with van der Waals surface area (Å²) in [6, 6.07) is 4.94. The van der Waals surface area contributed by atoms with E-state index in [-0.39, 0.29) is 5.78 Å². The van der Waals surface area contributed by atoms with Crippen LogP contribution < -0.4 is 4.74 Å². The lowest BCUT2D eigenvalue weighted by Crippen LogP contribution is -2.19. The fourth-order valence-corrected chi connectivity index (χ4v) is 1.48. The first kappa shape index (κ1) is 14.7. The Labute approximate surface area is 112 Å². The molecule has 0 aliphatic heterocycles. The van der Waals surface area contributed by atoms with Gasteiger partial charge in [-0.1, -0.05) is 11.6 Å². The van der Waals surface area contributed by atoms with Crippen LogP contribution in [0.5, 0.6) is 5.75 Å². The van der Waals surface area contributed by atoms with E-state index in [4.69, 9.17) is 21.1 Å². The molecule has 0 saturated heterocycles. The maximum atomic E-state index is 12.1. The van der Waals surface area contributed by atoms with Crippen LogP contribution in [0.3, 0.4) is 0 Å². The molecule has 0 saturated carbocycles. The molecule has 0 aliphatic carbocycles. The van der Waals surface area contributed by atoms with Crippen molar-refractivity contribution in [1.82, 2.24) is 0 Å². The number of carbonyl (C=O) groups is 1. The van der Waals surface area contributed by atoms with Crippen LogP contribution in [0.25, 0.3) is 0 Å². The van der Waals surface area contributed by atoms with Gasteiger partial charge in [-0.2, -0.15) is 0 Å². The first-order valence-corrected chi connectivity index (χ1v) is 5.89. The second kappa shape index (κ2) is 6.03. The van der Waals surface area contributed by atoms with E-state index in [0.29, 0.717) is 16.3 Å². The first-order valence-electron chi connectivity index (χ1n) is 5.52. The third-order valence-electron chi connectivity index (χ3n) is 2.59. The van der Waals surface area contributed by atoms with Gasteiger partial charge < -0.3 is 9.47 Å². The van der Waals surface area contributed by atoms with E-state index < -0.39 is 5.60 Å². The lowest BCUT2D eigenvalue weighted by molar-refractivity contribution is 0.0649. The van der Waals surface area contributed by atoms with Crippen LogP contribution in [0.4, 0.5) is 0 Å². The molecule has 0 aliphatic rings. The highest BCUT2D eigenvalue weighted by atomic mass is 35.5. The standard InChI is InChI=1S/C14H17ClO3/c1-14(2,18-4)8-7-12(16)11-9-10(15)5-6-13(11)17-3/h5-9H,1-4H3/b8-7+. The van der Waals surface area contributed by atoms with Gasteiger partial charge in [0, 0.05) is 12.1 Å². The Bertz CT molecular complexity index is 464. The molecule has 3 nitrogen and oxygen atoms in total. The summed E-state index contributed by atoms with van der Waals surface area (Å²) in [5.74, 6) is 0.337. The van der Waals surface area contributed by atoms with Gasteiger partial charge in [-0.25, -0.2) is 0 Å². The summed E-state index contributed by atoms with van der Waals surface area (Å²) in [6.07, 6.45) is 3.17. The quantitative estimate of drug-likeness (QED) is 0.606.